The first-order valence-corrected chi connectivity index (χ1v) is 7.76. The minimum Gasteiger partial charge on any atom is -0.343 e. The van der Waals surface area contributed by atoms with Crippen LogP contribution in [-0.2, 0) is 11.3 Å². The molecule has 1 N–H and O–H groups in total. The van der Waals surface area contributed by atoms with Gasteiger partial charge in [-0.05, 0) is 37.8 Å². The van der Waals surface area contributed by atoms with Gasteiger partial charge < -0.3 is 10.2 Å². The zero-order valence-electron chi connectivity index (χ0n) is 12.0. The second-order valence-electron chi connectivity index (χ2n) is 5.81. The zero-order valence-corrected chi connectivity index (χ0v) is 13.6. The van der Waals surface area contributed by atoms with Gasteiger partial charge in [0.25, 0.3) is 0 Å². The third-order valence-corrected chi connectivity index (χ3v) is 4.72. The van der Waals surface area contributed by atoms with E-state index in [-0.39, 0.29) is 18.3 Å². The fourth-order valence-electron chi connectivity index (χ4n) is 3.30. The van der Waals surface area contributed by atoms with Gasteiger partial charge in [-0.2, -0.15) is 5.10 Å². The Balaban J connectivity index is 0.00000161. The summed E-state index contributed by atoms with van der Waals surface area (Å²) in [5.74, 6) is 1.76. The highest BCUT2D eigenvalue weighted by molar-refractivity contribution is 6.30. The molecule has 2 aliphatic heterocycles. The van der Waals surface area contributed by atoms with Crippen LogP contribution in [0.1, 0.15) is 19.3 Å². The molecule has 0 radical (unpaired) electrons. The number of nitrogens with one attached hydrogen (secondary N) is 1. The maximum Gasteiger partial charge on any atom is 0.224 e. The summed E-state index contributed by atoms with van der Waals surface area (Å²) in [5, 5.41) is 8.18. The number of aryl methyl sites for hydroxylation is 1. The zero-order chi connectivity index (χ0) is 13.9. The van der Waals surface area contributed by atoms with E-state index in [2.05, 4.69) is 10.4 Å². The molecular weight excluding hydrogens is 311 g/mol. The predicted molar refractivity (Wildman–Crippen MR) is 84.8 cm³/mol. The molecule has 1 aromatic heterocycles. The summed E-state index contributed by atoms with van der Waals surface area (Å²) in [6, 6.07) is 0. The van der Waals surface area contributed by atoms with Crippen molar-refractivity contribution in [3.63, 3.8) is 0 Å². The van der Waals surface area contributed by atoms with Crippen molar-refractivity contribution >= 4 is 29.9 Å². The Labute approximate surface area is 136 Å². The number of carbonyl (C=O) groups is 1. The number of carbonyl (C=O) groups excluding carboxylic acids is 1. The van der Waals surface area contributed by atoms with E-state index in [0.717, 1.165) is 50.9 Å². The number of hydrogen-bond donors (Lipinski definition) is 1. The molecule has 1 amide bonds. The van der Waals surface area contributed by atoms with Crippen LogP contribution in [0.25, 0.3) is 0 Å². The summed E-state index contributed by atoms with van der Waals surface area (Å²) in [7, 11) is 0. The van der Waals surface area contributed by atoms with Crippen molar-refractivity contribution in [1.82, 2.24) is 20.0 Å². The van der Waals surface area contributed by atoms with E-state index in [1.807, 2.05) is 4.90 Å². The average Bonchev–Trinajstić information content (AvgIpc) is 3.01. The highest BCUT2D eigenvalue weighted by Gasteiger charge is 2.31. The highest BCUT2D eigenvalue weighted by Crippen LogP contribution is 2.27. The number of hydrogen-bond acceptors (Lipinski definition) is 3. The lowest BCUT2D eigenvalue weighted by Gasteiger charge is -2.20. The molecule has 1 aromatic rings. The van der Waals surface area contributed by atoms with Crippen LogP contribution in [0.4, 0.5) is 0 Å². The Morgan fingerprint density at radius 3 is 2.57 bits per heavy atom. The van der Waals surface area contributed by atoms with Gasteiger partial charge in [-0.3, -0.25) is 9.48 Å². The molecule has 0 bridgehead atoms. The number of likely N-dealkylation sites (tertiary alicyclic amines) is 1. The van der Waals surface area contributed by atoms with Crippen LogP contribution in [0, 0.1) is 11.8 Å². The molecule has 2 atom stereocenters. The molecule has 118 valence electrons. The topological polar surface area (TPSA) is 50.2 Å². The van der Waals surface area contributed by atoms with Crippen LogP contribution in [-0.4, -0.2) is 46.8 Å². The van der Waals surface area contributed by atoms with Crippen LogP contribution < -0.4 is 5.32 Å². The molecule has 2 aliphatic rings. The summed E-state index contributed by atoms with van der Waals surface area (Å²) in [4.78, 5) is 14.3. The standard InChI is InChI=1S/C14H21ClN4O.ClH/c15-13-9-17-19(10-13)6-3-14(20)18-4-1-11-7-16-8-12(11)2-5-18;/h9-12,16H,1-8H2;1H/t11-,12+;. The third kappa shape index (κ3) is 4.11. The van der Waals surface area contributed by atoms with Crippen LogP contribution in [0.2, 0.25) is 5.02 Å². The predicted octanol–water partition coefficient (Wildman–Crippen LogP) is 1.81. The number of halogens is 2. The van der Waals surface area contributed by atoms with E-state index in [4.69, 9.17) is 11.6 Å². The van der Waals surface area contributed by atoms with E-state index in [9.17, 15) is 4.79 Å². The molecule has 0 aliphatic carbocycles. The Bertz CT molecular complexity index is 465. The summed E-state index contributed by atoms with van der Waals surface area (Å²) >= 11 is 5.82. The quantitative estimate of drug-likeness (QED) is 0.918. The summed E-state index contributed by atoms with van der Waals surface area (Å²) in [6.07, 6.45) is 6.14. The fraction of sp³-hybridized carbons (Fsp3) is 0.714. The van der Waals surface area contributed by atoms with E-state index in [1.54, 1.807) is 17.1 Å². The number of amides is 1. The summed E-state index contributed by atoms with van der Waals surface area (Å²) in [5.41, 5.74) is 0. The monoisotopic (exact) mass is 332 g/mol. The molecule has 0 saturated carbocycles. The lowest BCUT2D eigenvalue weighted by Crippen LogP contribution is -2.33. The minimum atomic E-state index is 0. The second kappa shape index (κ2) is 7.47. The van der Waals surface area contributed by atoms with Crippen LogP contribution >= 0.6 is 24.0 Å². The molecule has 3 rings (SSSR count). The van der Waals surface area contributed by atoms with E-state index < -0.39 is 0 Å². The summed E-state index contributed by atoms with van der Waals surface area (Å²) in [6.45, 7) is 4.66. The maximum atomic E-state index is 12.3. The average molecular weight is 333 g/mol. The normalized spacial score (nSPS) is 25.1. The Morgan fingerprint density at radius 2 is 2.00 bits per heavy atom. The Hall–Kier alpha value is -0.780. The number of rotatable bonds is 3. The SMILES string of the molecule is Cl.O=C(CCn1cc(Cl)cn1)N1CC[C@@H]2CNC[C@@H]2CC1. The van der Waals surface area contributed by atoms with Crippen LogP contribution in [0.5, 0.6) is 0 Å². The van der Waals surface area contributed by atoms with Gasteiger partial charge in [0.15, 0.2) is 0 Å². The first-order chi connectivity index (χ1) is 9.72. The molecule has 21 heavy (non-hydrogen) atoms. The smallest absolute Gasteiger partial charge is 0.224 e. The van der Waals surface area contributed by atoms with Crippen molar-refractivity contribution < 1.29 is 4.79 Å². The Morgan fingerprint density at radius 1 is 1.33 bits per heavy atom. The van der Waals surface area contributed by atoms with Crippen molar-refractivity contribution in [2.45, 2.75) is 25.8 Å². The van der Waals surface area contributed by atoms with Gasteiger partial charge >= 0.3 is 0 Å². The van der Waals surface area contributed by atoms with Crippen LogP contribution in [0.3, 0.4) is 0 Å². The highest BCUT2D eigenvalue weighted by atomic mass is 35.5. The lowest BCUT2D eigenvalue weighted by atomic mass is 9.92. The van der Waals surface area contributed by atoms with Crippen molar-refractivity contribution in [3.05, 3.63) is 17.4 Å². The van der Waals surface area contributed by atoms with Gasteiger partial charge in [0.1, 0.15) is 0 Å². The number of aromatic nitrogens is 2. The van der Waals surface area contributed by atoms with Gasteiger partial charge in [0, 0.05) is 32.3 Å². The number of nitrogens with zero attached hydrogens (tertiary/aromatic N) is 3. The largest absolute Gasteiger partial charge is 0.343 e. The second-order valence-corrected chi connectivity index (χ2v) is 6.24. The van der Waals surface area contributed by atoms with E-state index >= 15 is 0 Å². The van der Waals surface area contributed by atoms with Crippen molar-refractivity contribution in [2.24, 2.45) is 11.8 Å². The van der Waals surface area contributed by atoms with Crippen LogP contribution in [0.15, 0.2) is 12.4 Å². The molecule has 2 fully saturated rings. The van der Waals surface area contributed by atoms with Gasteiger partial charge in [-0.25, -0.2) is 0 Å². The number of fused-ring (bicyclic) bond motifs is 1. The molecule has 0 unspecified atom stereocenters. The molecular formula is C14H22Cl2N4O. The molecule has 7 heteroatoms. The molecule has 0 aromatic carbocycles. The van der Waals surface area contributed by atoms with E-state index in [0.29, 0.717) is 18.0 Å². The van der Waals surface area contributed by atoms with Crippen molar-refractivity contribution in [2.75, 3.05) is 26.2 Å². The molecule has 0 spiro atoms. The fourth-order valence-corrected chi connectivity index (χ4v) is 3.45. The first kappa shape index (κ1) is 16.6. The van der Waals surface area contributed by atoms with E-state index in [1.165, 1.54) is 0 Å². The van der Waals surface area contributed by atoms with Gasteiger partial charge in [-0.15, -0.1) is 12.4 Å². The third-order valence-electron chi connectivity index (χ3n) is 4.53. The van der Waals surface area contributed by atoms with Crippen molar-refractivity contribution in [1.29, 1.82) is 0 Å². The van der Waals surface area contributed by atoms with Gasteiger partial charge in [0.2, 0.25) is 5.91 Å². The summed E-state index contributed by atoms with van der Waals surface area (Å²) < 4.78 is 1.73. The van der Waals surface area contributed by atoms with Crippen molar-refractivity contribution in [3.8, 4) is 0 Å². The lowest BCUT2D eigenvalue weighted by molar-refractivity contribution is -0.131. The Kier molecular flexibility index (Phi) is 5.90. The van der Waals surface area contributed by atoms with Gasteiger partial charge in [0.05, 0.1) is 11.2 Å². The molecule has 5 nitrogen and oxygen atoms in total. The maximum absolute atomic E-state index is 12.3. The van der Waals surface area contributed by atoms with Gasteiger partial charge in [-0.1, -0.05) is 11.6 Å². The minimum absolute atomic E-state index is 0. The molecule has 3 heterocycles. The first-order valence-electron chi connectivity index (χ1n) is 7.39. The molecule has 2 saturated heterocycles.